The van der Waals surface area contributed by atoms with E-state index in [0.717, 1.165) is 0 Å². The number of aliphatic hydroxyl groups excluding tert-OH is 1. The van der Waals surface area contributed by atoms with Crippen LogP contribution in [0.15, 0.2) is 0 Å². The first-order chi connectivity index (χ1) is 1.41. The molecule has 0 aliphatic carbocycles. The van der Waals surface area contributed by atoms with E-state index in [2.05, 4.69) is 0 Å². The van der Waals surface area contributed by atoms with Crippen LogP contribution in [0.3, 0.4) is 0 Å². The summed E-state index contributed by atoms with van der Waals surface area (Å²) in [7, 11) is 0. The Balaban J connectivity index is -0.00000000200. The van der Waals surface area contributed by atoms with Crippen LogP contribution in [0.1, 0.15) is 6.92 Å². The molecule has 0 fully saturated rings. The van der Waals surface area contributed by atoms with Crippen molar-refractivity contribution in [1.82, 2.24) is 0 Å². The van der Waals surface area contributed by atoms with E-state index in [-0.39, 0.29) is 133 Å². The number of halogens is 1. The summed E-state index contributed by atoms with van der Waals surface area (Å²) >= 11 is 0. The van der Waals surface area contributed by atoms with Crippen LogP contribution >= 0.6 is 0 Å². The van der Waals surface area contributed by atoms with Crippen molar-refractivity contribution in [2.45, 2.75) is 6.92 Å². The smallest absolute Gasteiger partial charge is 1.00 e. The zero-order valence-electron chi connectivity index (χ0n) is 5.48. The van der Waals surface area contributed by atoms with Crippen LogP contribution in [0, 0.1) is 0 Å². The zero-order valence-corrected chi connectivity index (χ0v) is 12.5. The largest absolute Gasteiger partial charge is 1.00 e. The topological polar surface area (TPSA) is 81.7 Å². The second-order valence-corrected chi connectivity index (χ2v) is 0.316. The van der Waals surface area contributed by atoms with E-state index in [4.69, 9.17) is 5.11 Å². The van der Waals surface area contributed by atoms with Crippen LogP contribution in [-0.2, 0) is 0 Å². The Morgan fingerprint density at radius 2 is 1.25 bits per heavy atom. The Bertz CT molecular complexity index is 15.2. The normalized spacial score (nSPS) is 2.25. The van der Waals surface area contributed by atoms with Crippen LogP contribution in [0.5, 0.6) is 0 Å². The fourth-order valence-corrected chi connectivity index (χ4v) is 0. The summed E-state index contributed by atoms with van der Waals surface area (Å²) in [6.45, 7) is 1.93. The van der Waals surface area contributed by atoms with E-state index in [1.807, 2.05) is 0 Å². The molecule has 6 heteroatoms. The van der Waals surface area contributed by atoms with Gasteiger partial charge in [0.2, 0.25) is 0 Å². The quantitative estimate of drug-likeness (QED) is 0.389. The summed E-state index contributed by atoms with van der Waals surface area (Å²) in [6.07, 6.45) is 0. The Kier molecular flexibility index (Phi) is 248. The van der Waals surface area contributed by atoms with E-state index >= 15 is 0 Å². The molecule has 0 bridgehead atoms. The molecular formula is C2H9ClK2O3. The Hall–Kier alpha value is 3.44. The summed E-state index contributed by atoms with van der Waals surface area (Å²) in [5.41, 5.74) is 0. The summed E-state index contributed by atoms with van der Waals surface area (Å²) < 4.78 is 0. The molecule has 0 radical (unpaired) electrons. The number of hydrogen-bond donors (Lipinski definition) is 1. The maximum absolute atomic E-state index is 7.57. The third-order valence-electron chi connectivity index (χ3n) is 0. The average molecular weight is 195 g/mol. The first-order valence-electron chi connectivity index (χ1n) is 1.02. The summed E-state index contributed by atoms with van der Waals surface area (Å²) in [6, 6.07) is 0. The van der Waals surface area contributed by atoms with E-state index in [1.54, 1.807) is 6.92 Å². The van der Waals surface area contributed by atoms with Gasteiger partial charge in [-0.1, -0.05) is 0 Å². The molecule has 8 heavy (non-hydrogen) atoms. The van der Waals surface area contributed by atoms with Gasteiger partial charge in [-0.2, -0.15) is 0 Å². The third kappa shape index (κ3) is 56.8. The standard InChI is InChI=1S/C2H6O.ClH.2K.2H2O/c1-2-3;;;;;/h3H,2H2,1H3;1H;;;2*1H2/q;;2*+1;;/p-2. The average Bonchev–Trinajstić information content (AvgIpc) is 0.918. The van der Waals surface area contributed by atoms with Crippen molar-refractivity contribution < 1.29 is 131 Å². The number of rotatable bonds is 0. The molecule has 0 amide bonds. The van der Waals surface area contributed by atoms with Crippen molar-refractivity contribution in [3.8, 4) is 0 Å². The minimum absolute atomic E-state index is 0. The van der Waals surface area contributed by atoms with Crippen LogP contribution < -0.4 is 115 Å². The summed E-state index contributed by atoms with van der Waals surface area (Å²) in [5.74, 6) is 0. The van der Waals surface area contributed by atoms with Gasteiger partial charge in [-0.3, -0.25) is 0 Å². The molecule has 4 N–H and O–H groups in total. The molecule has 0 aromatic carbocycles. The predicted octanol–water partition coefficient (Wildman–Crippen LogP) is -9.99. The van der Waals surface area contributed by atoms with Gasteiger partial charge in [0.05, 0.1) is 0 Å². The fraction of sp³-hybridized carbons (Fsp3) is 1.00. The van der Waals surface area contributed by atoms with Crippen LogP contribution in [0.25, 0.3) is 0 Å². The Morgan fingerprint density at radius 1 is 1.25 bits per heavy atom. The Labute approximate surface area is 141 Å². The number of hydrogen-bond acceptors (Lipinski definition) is 2. The molecule has 0 aliphatic heterocycles. The van der Waals surface area contributed by atoms with Gasteiger partial charge in [-0.25, -0.2) is 0 Å². The third-order valence-corrected chi connectivity index (χ3v) is 0. The Morgan fingerprint density at radius 3 is 1.25 bits per heavy atom. The summed E-state index contributed by atoms with van der Waals surface area (Å²) in [4.78, 5) is 0. The van der Waals surface area contributed by atoms with Crippen molar-refractivity contribution in [3.63, 3.8) is 0 Å². The SMILES string of the molecule is CCO.O.[Cl-].[K+].[K+].[OH-]. The van der Waals surface area contributed by atoms with Gasteiger partial charge in [0, 0.05) is 6.61 Å². The molecule has 0 aromatic heterocycles. The second-order valence-electron chi connectivity index (χ2n) is 0.316. The van der Waals surface area contributed by atoms with Gasteiger partial charge < -0.3 is 28.5 Å². The minimum Gasteiger partial charge on any atom is -1.00 e. The fourth-order valence-electron chi connectivity index (χ4n) is 0. The molecular weight excluding hydrogens is 186 g/mol. The molecule has 0 saturated heterocycles. The monoisotopic (exact) mass is 194 g/mol. The first-order valence-corrected chi connectivity index (χ1v) is 1.02. The van der Waals surface area contributed by atoms with Crippen molar-refractivity contribution in [3.05, 3.63) is 0 Å². The molecule has 44 valence electrons. The van der Waals surface area contributed by atoms with Gasteiger partial charge in [-0.05, 0) is 6.92 Å². The van der Waals surface area contributed by atoms with Crippen molar-refractivity contribution >= 4 is 0 Å². The van der Waals surface area contributed by atoms with Crippen molar-refractivity contribution in [2.75, 3.05) is 6.61 Å². The maximum atomic E-state index is 7.57. The molecule has 0 heterocycles. The molecule has 0 rings (SSSR count). The van der Waals surface area contributed by atoms with Gasteiger partial charge in [0.25, 0.3) is 0 Å². The van der Waals surface area contributed by atoms with E-state index in [9.17, 15) is 0 Å². The van der Waals surface area contributed by atoms with Gasteiger partial charge in [-0.15, -0.1) is 0 Å². The first kappa shape index (κ1) is 42.1. The second kappa shape index (κ2) is 47.2. The maximum Gasteiger partial charge on any atom is 1.00 e. The zero-order chi connectivity index (χ0) is 2.71. The molecule has 0 aromatic rings. The van der Waals surface area contributed by atoms with E-state index in [1.165, 1.54) is 0 Å². The van der Waals surface area contributed by atoms with Crippen LogP contribution in [0.2, 0.25) is 0 Å². The van der Waals surface area contributed by atoms with E-state index < -0.39 is 0 Å². The molecule has 0 spiro atoms. The van der Waals surface area contributed by atoms with Crippen LogP contribution in [0.4, 0.5) is 0 Å². The van der Waals surface area contributed by atoms with E-state index in [0.29, 0.717) is 0 Å². The van der Waals surface area contributed by atoms with Gasteiger partial charge in [0.1, 0.15) is 0 Å². The minimum atomic E-state index is 0. The molecule has 0 saturated carbocycles. The molecule has 0 aliphatic rings. The van der Waals surface area contributed by atoms with Crippen LogP contribution in [-0.4, -0.2) is 22.7 Å². The molecule has 0 unspecified atom stereocenters. The molecule has 3 nitrogen and oxygen atoms in total. The van der Waals surface area contributed by atoms with Crippen molar-refractivity contribution in [2.24, 2.45) is 0 Å². The van der Waals surface area contributed by atoms with Gasteiger partial charge >= 0.3 is 103 Å². The molecule has 0 atom stereocenters. The van der Waals surface area contributed by atoms with Crippen molar-refractivity contribution in [1.29, 1.82) is 0 Å². The van der Waals surface area contributed by atoms with Gasteiger partial charge in [0.15, 0.2) is 0 Å². The summed E-state index contributed by atoms with van der Waals surface area (Å²) in [5, 5.41) is 7.57. The predicted molar refractivity (Wildman–Crippen MR) is 18.3 cm³/mol. The number of aliphatic hydroxyl groups is 1.